The average Bonchev–Trinajstić information content (AvgIpc) is 2.85. The number of nitrogens with two attached hydrogens (primary N) is 1. The Balaban J connectivity index is 1.58. The SMILES string of the molecule is CN(C)Cc1ccc(-c2ccc(O)c3c2CC2CC4C(N(C)C)C(=O)C(C(N)=O)CC4(O)C(=O)C2C3=O)cc1. The third-order valence-corrected chi connectivity index (χ3v) is 8.83. The Kier molecular flexibility index (Phi) is 6.73. The summed E-state index contributed by atoms with van der Waals surface area (Å²) in [6.45, 7) is 0.783. The molecule has 0 radical (unpaired) electrons. The van der Waals surface area contributed by atoms with Crippen LogP contribution in [0.25, 0.3) is 11.1 Å². The van der Waals surface area contributed by atoms with E-state index in [0.717, 1.165) is 23.2 Å². The van der Waals surface area contributed by atoms with E-state index in [2.05, 4.69) is 4.90 Å². The molecule has 0 aliphatic heterocycles. The van der Waals surface area contributed by atoms with E-state index in [9.17, 15) is 29.4 Å². The molecule has 9 nitrogen and oxygen atoms in total. The lowest BCUT2D eigenvalue weighted by Gasteiger charge is -2.53. The molecule has 1 amide bonds. The molecular weight excluding hydrogens is 498 g/mol. The number of phenolic OH excluding ortho intramolecular Hbond substituents is 1. The average molecular weight is 534 g/mol. The number of aromatic hydroxyl groups is 1. The number of phenols is 1. The second-order valence-electron chi connectivity index (χ2n) is 11.8. The van der Waals surface area contributed by atoms with E-state index < -0.39 is 65.0 Å². The fourth-order valence-corrected chi connectivity index (χ4v) is 7.14. The molecule has 0 aromatic heterocycles. The van der Waals surface area contributed by atoms with Gasteiger partial charge in [0.1, 0.15) is 17.3 Å². The molecule has 6 atom stereocenters. The topological polar surface area (TPSA) is 141 Å². The number of aliphatic hydroxyl groups is 1. The van der Waals surface area contributed by atoms with Crippen LogP contribution in [0.1, 0.15) is 34.3 Å². The number of Topliss-reactive ketones (excluding diaryl/α,β-unsaturated/α-hetero) is 3. The van der Waals surface area contributed by atoms with Gasteiger partial charge in [-0.05, 0) is 75.3 Å². The number of hydrogen-bond acceptors (Lipinski definition) is 8. The molecule has 9 heteroatoms. The zero-order chi connectivity index (χ0) is 28.4. The van der Waals surface area contributed by atoms with Crippen LogP contribution in [0.3, 0.4) is 0 Å². The van der Waals surface area contributed by atoms with Crippen molar-refractivity contribution in [3.05, 3.63) is 53.1 Å². The van der Waals surface area contributed by atoms with Gasteiger partial charge in [0.15, 0.2) is 17.3 Å². The number of amides is 1. The number of nitrogens with zero attached hydrogens (tertiary/aromatic N) is 2. The molecular formula is C30H35N3O6. The van der Waals surface area contributed by atoms with Crippen molar-refractivity contribution in [1.29, 1.82) is 0 Å². The number of ketones is 3. The van der Waals surface area contributed by atoms with E-state index in [1.807, 2.05) is 38.4 Å². The lowest BCUT2D eigenvalue weighted by molar-refractivity contribution is -0.176. The summed E-state index contributed by atoms with van der Waals surface area (Å²) in [5, 5.41) is 22.5. The predicted octanol–water partition coefficient (Wildman–Crippen LogP) is 1.42. The zero-order valence-corrected chi connectivity index (χ0v) is 22.7. The quantitative estimate of drug-likeness (QED) is 0.490. The Labute approximate surface area is 227 Å². The van der Waals surface area contributed by atoms with Crippen molar-refractivity contribution in [1.82, 2.24) is 9.80 Å². The van der Waals surface area contributed by atoms with Gasteiger partial charge in [0.2, 0.25) is 5.91 Å². The number of fused-ring (bicyclic) bond motifs is 3. The Morgan fingerprint density at radius 3 is 2.31 bits per heavy atom. The lowest BCUT2D eigenvalue weighted by atomic mass is 9.52. The summed E-state index contributed by atoms with van der Waals surface area (Å²) < 4.78 is 0. The van der Waals surface area contributed by atoms with Crippen molar-refractivity contribution < 1.29 is 29.4 Å². The van der Waals surface area contributed by atoms with Gasteiger partial charge in [-0.25, -0.2) is 0 Å². The molecule has 2 aromatic carbocycles. The normalized spacial score (nSPS) is 30.2. The number of primary amides is 1. The van der Waals surface area contributed by atoms with Crippen molar-refractivity contribution >= 4 is 23.3 Å². The fourth-order valence-electron chi connectivity index (χ4n) is 7.14. The molecule has 39 heavy (non-hydrogen) atoms. The number of carbonyl (C=O) groups is 4. The molecule has 0 spiro atoms. The molecule has 0 bridgehead atoms. The Morgan fingerprint density at radius 2 is 1.72 bits per heavy atom. The largest absolute Gasteiger partial charge is 0.507 e. The fraction of sp³-hybridized carbons (Fsp3) is 0.467. The van der Waals surface area contributed by atoms with E-state index in [0.29, 0.717) is 12.0 Å². The maximum Gasteiger partial charge on any atom is 0.228 e. The Hall–Kier alpha value is -3.40. The van der Waals surface area contributed by atoms with Gasteiger partial charge in [-0.1, -0.05) is 30.3 Å². The van der Waals surface area contributed by atoms with Gasteiger partial charge in [-0.3, -0.25) is 24.1 Å². The van der Waals surface area contributed by atoms with E-state index in [1.54, 1.807) is 25.1 Å². The van der Waals surface area contributed by atoms with Crippen LogP contribution in [-0.2, 0) is 27.3 Å². The molecule has 2 aromatic rings. The summed E-state index contributed by atoms with van der Waals surface area (Å²) in [7, 11) is 7.32. The van der Waals surface area contributed by atoms with Gasteiger partial charge in [-0.2, -0.15) is 0 Å². The first-order chi connectivity index (χ1) is 18.3. The van der Waals surface area contributed by atoms with Crippen LogP contribution in [0.2, 0.25) is 0 Å². The minimum absolute atomic E-state index is 0.101. The number of likely N-dealkylation sites (N-methyl/N-ethyl adjacent to an activating group) is 1. The van der Waals surface area contributed by atoms with Crippen molar-refractivity contribution in [2.45, 2.75) is 37.5 Å². The summed E-state index contributed by atoms with van der Waals surface area (Å²) in [4.78, 5) is 56.9. The van der Waals surface area contributed by atoms with E-state index >= 15 is 0 Å². The number of carbonyl (C=O) groups excluding carboxylic acids is 4. The molecule has 4 N–H and O–H groups in total. The van der Waals surface area contributed by atoms with Crippen LogP contribution in [0, 0.1) is 23.7 Å². The standard InChI is InChI=1S/C30H35N3O6/c1-32(2)14-15-5-7-16(8-6-15)18-9-10-22(34)24-19(18)11-17-12-21-25(33(3)4)26(35)20(29(31)38)13-30(21,39)28(37)23(17)27(24)36/h5-10,17,20-21,23,25,34,39H,11-14H2,1-4H3,(H2,31,38). The van der Waals surface area contributed by atoms with Crippen molar-refractivity contribution in [3.8, 4) is 16.9 Å². The van der Waals surface area contributed by atoms with Crippen LogP contribution >= 0.6 is 0 Å². The lowest BCUT2D eigenvalue weighted by Crippen LogP contribution is -2.69. The predicted molar refractivity (Wildman–Crippen MR) is 144 cm³/mol. The van der Waals surface area contributed by atoms with E-state index in [4.69, 9.17) is 5.73 Å². The number of hydrogen-bond donors (Lipinski definition) is 3. The maximum atomic E-state index is 13.9. The molecule has 0 heterocycles. The highest BCUT2D eigenvalue weighted by Gasteiger charge is 2.64. The molecule has 2 saturated carbocycles. The molecule has 2 fully saturated rings. The third-order valence-electron chi connectivity index (χ3n) is 8.83. The van der Waals surface area contributed by atoms with Crippen LogP contribution in [0.15, 0.2) is 36.4 Å². The van der Waals surface area contributed by atoms with Gasteiger partial charge in [0.05, 0.1) is 17.5 Å². The van der Waals surface area contributed by atoms with Crippen LogP contribution in [-0.4, -0.2) is 83.1 Å². The van der Waals surface area contributed by atoms with Crippen molar-refractivity contribution in [3.63, 3.8) is 0 Å². The molecule has 3 aliphatic carbocycles. The molecule has 0 saturated heterocycles. The highest BCUT2D eigenvalue weighted by atomic mass is 16.3. The molecule has 5 rings (SSSR count). The number of rotatable bonds is 5. The van der Waals surface area contributed by atoms with Gasteiger partial charge in [-0.15, -0.1) is 0 Å². The maximum absolute atomic E-state index is 13.9. The highest BCUT2D eigenvalue weighted by molar-refractivity contribution is 6.18. The van der Waals surface area contributed by atoms with Gasteiger partial charge < -0.3 is 20.8 Å². The molecule has 3 aliphatic rings. The first-order valence-electron chi connectivity index (χ1n) is 13.2. The molecule has 6 unspecified atom stereocenters. The van der Waals surface area contributed by atoms with Crippen LogP contribution < -0.4 is 5.73 Å². The van der Waals surface area contributed by atoms with Crippen LogP contribution in [0.4, 0.5) is 0 Å². The highest BCUT2D eigenvalue weighted by Crippen LogP contribution is 2.52. The minimum atomic E-state index is -2.05. The summed E-state index contributed by atoms with van der Waals surface area (Å²) in [6, 6.07) is 10.4. The smallest absolute Gasteiger partial charge is 0.228 e. The van der Waals surface area contributed by atoms with E-state index in [1.165, 1.54) is 6.07 Å². The van der Waals surface area contributed by atoms with Crippen molar-refractivity contribution in [2.75, 3.05) is 28.2 Å². The summed E-state index contributed by atoms with van der Waals surface area (Å²) in [5.74, 6) is -6.48. The second kappa shape index (κ2) is 9.66. The summed E-state index contributed by atoms with van der Waals surface area (Å²) >= 11 is 0. The first kappa shape index (κ1) is 27.2. The van der Waals surface area contributed by atoms with Gasteiger partial charge >= 0.3 is 0 Å². The zero-order valence-electron chi connectivity index (χ0n) is 22.7. The Bertz CT molecular complexity index is 1370. The van der Waals surface area contributed by atoms with Crippen LogP contribution in [0.5, 0.6) is 5.75 Å². The molecule has 206 valence electrons. The monoisotopic (exact) mass is 533 g/mol. The Morgan fingerprint density at radius 1 is 1.05 bits per heavy atom. The minimum Gasteiger partial charge on any atom is -0.507 e. The van der Waals surface area contributed by atoms with Gasteiger partial charge in [0, 0.05) is 18.9 Å². The van der Waals surface area contributed by atoms with Crippen molar-refractivity contribution in [2.24, 2.45) is 29.4 Å². The van der Waals surface area contributed by atoms with Gasteiger partial charge in [0.25, 0.3) is 0 Å². The first-order valence-corrected chi connectivity index (χ1v) is 13.2. The summed E-state index contributed by atoms with van der Waals surface area (Å²) in [6.07, 6.45) is 0.152. The second-order valence-corrected chi connectivity index (χ2v) is 11.8. The third kappa shape index (κ3) is 4.29. The summed E-state index contributed by atoms with van der Waals surface area (Å²) in [5.41, 5.74) is 7.04. The van der Waals surface area contributed by atoms with E-state index in [-0.39, 0.29) is 17.7 Å². The number of benzene rings is 2.